The third-order valence-electron chi connectivity index (χ3n) is 6.15. The molecule has 0 N–H and O–H groups in total. The molecule has 0 aliphatic heterocycles. The maximum Gasteiger partial charge on any atom is 0.192 e. The second kappa shape index (κ2) is 12.0. The lowest BCUT2D eigenvalue weighted by atomic mass is 10.2. The summed E-state index contributed by atoms with van der Waals surface area (Å²) in [6.45, 7) is 30.5. The Morgan fingerprint density at radius 2 is 1.41 bits per heavy atom. The minimum Gasteiger partial charge on any atom is -0.417 e. The summed E-state index contributed by atoms with van der Waals surface area (Å²) in [7, 11) is -3.48. The molecule has 0 spiro atoms. The van der Waals surface area contributed by atoms with Gasteiger partial charge in [0.15, 0.2) is 22.8 Å². The molecule has 0 fully saturated rings. The zero-order chi connectivity index (χ0) is 22.8. The standard InChI is InChI=1S/C24H45NO2Si2/c1-23(2,3)28(8,9)26-21-17-15-13-12-14-16-18-22(19-20-25-7)27-29(10,11)24(4,5)6/h13-16,19-20,22H,12,17-18,21H2,1-6,8-11H3/b15-13-,16-14-,20-19+/t22-/m0/s1. The van der Waals surface area contributed by atoms with Crippen molar-refractivity contribution in [1.29, 1.82) is 0 Å². The Hall–Kier alpha value is -0.936. The maximum absolute atomic E-state index is 7.00. The summed E-state index contributed by atoms with van der Waals surface area (Å²) in [5, 5.41) is 0.431. The molecular weight excluding hydrogens is 390 g/mol. The third kappa shape index (κ3) is 11.1. The van der Waals surface area contributed by atoms with Gasteiger partial charge in [0, 0.05) is 6.61 Å². The summed E-state index contributed by atoms with van der Waals surface area (Å²) >= 11 is 0. The van der Waals surface area contributed by atoms with Gasteiger partial charge < -0.3 is 8.85 Å². The van der Waals surface area contributed by atoms with E-state index < -0.39 is 16.6 Å². The number of nitrogens with zero attached hydrogens (tertiary/aromatic N) is 1. The molecule has 0 bridgehead atoms. The van der Waals surface area contributed by atoms with Gasteiger partial charge in [-0.15, -0.1) is 0 Å². The first-order valence-electron chi connectivity index (χ1n) is 10.8. The Morgan fingerprint density at radius 3 is 1.93 bits per heavy atom. The zero-order valence-corrected chi connectivity index (χ0v) is 22.6. The first kappa shape index (κ1) is 28.1. The van der Waals surface area contributed by atoms with Crippen LogP contribution in [-0.4, -0.2) is 29.3 Å². The highest BCUT2D eigenvalue weighted by atomic mass is 28.4. The van der Waals surface area contributed by atoms with Gasteiger partial charge in [-0.3, -0.25) is 0 Å². The Morgan fingerprint density at radius 1 is 0.862 bits per heavy atom. The van der Waals surface area contributed by atoms with Gasteiger partial charge in [-0.1, -0.05) is 71.9 Å². The SMILES string of the molecule is [C-]#[N+]/C=C/[C@H](C/C=C\C/C=C\CCO[Si](C)(C)C(C)(C)C)O[Si](C)(C)C(C)(C)C. The van der Waals surface area contributed by atoms with Gasteiger partial charge in [0.05, 0.1) is 12.7 Å². The number of allylic oxidation sites excluding steroid dienone is 2. The fourth-order valence-corrected chi connectivity index (χ4v) is 4.42. The zero-order valence-electron chi connectivity index (χ0n) is 20.6. The van der Waals surface area contributed by atoms with Gasteiger partial charge in [-0.05, 0) is 55.5 Å². The minimum atomic E-state index is -1.85. The van der Waals surface area contributed by atoms with E-state index in [0.717, 1.165) is 25.9 Å². The molecule has 0 heterocycles. The van der Waals surface area contributed by atoms with E-state index in [1.807, 2.05) is 6.08 Å². The van der Waals surface area contributed by atoms with Crippen LogP contribution in [0.5, 0.6) is 0 Å². The lowest BCUT2D eigenvalue weighted by Crippen LogP contribution is -2.43. The summed E-state index contributed by atoms with van der Waals surface area (Å²) in [6, 6.07) is 0. The van der Waals surface area contributed by atoms with Crippen molar-refractivity contribution in [3.63, 3.8) is 0 Å². The molecule has 0 unspecified atom stereocenters. The van der Waals surface area contributed by atoms with Crippen LogP contribution in [0.4, 0.5) is 0 Å². The molecule has 0 aliphatic rings. The first-order chi connectivity index (χ1) is 13.1. The molecule has 166 valence electrons. The lowest BCUT2D eigenvalue weighted by Gasteiger charge is -2.38. The average Bonchev–Trinajstić information content (AvgIpc) is 2.55. The summed E-state index contributed by atoms with van der Waals surface area (Å²) in [4.78, 5) is 3.35. The van der Waals surface area contributed by atoms with Gasteiger partial charge >= 0.3 is 0 Å². The smallest absolute Gasteiger partial charge is 0.192 e. The van der Waals surface area contributed by atoms with Crippen LogP contribution in [0.1, 0.15) is 60.8 Å². The van der Waals surface area contributed by atoms with Crippen molar-refractivity contribution < 1.29 is 8.85 Å². The monoisotopic (exact) mass is 435 g/mol. The molecule has 0 amide bonds. The Kier molecular flexibility index (Phi) is 11.7. The average molecular weight is 436 g/mol. The van der Waals surface area contributed by atoms with Crippen LogP contribution in [-0.2, 0) is 8.85 Å². The normalized spacial score (nSPS) is 15.5. The maximum atomic E-state index is 7.00. The largest absolute Gasteiger partial charge is 0.417 e. The molecule has 0 rings (SSSR count). The van der Waals surface area contributed by atoms with E-state index in [1.54, 1.807) is 0 Å². The van der Waals surface area contributed by atoms with E-state index in [-0.39, 0.29) is 16.2 Å². The quantitative estimate of drug-likeness (QED) is 0.141. The lowest BCUT2D eigenvalue weighted by molar-refractivity contribution is 0.228. The summed E-state index contributed by atoms with van der Waals surface area (Å²) in [5.74, 6) is 0. The second-order valence-corrected chi connectivity index (χ2v) is 20.3. The number of hydrogen-bond acceptors (Lipinski definition) is 2. The third-order valence-corrected chi connectivity index (χ3v) is 15.2. The van der Waals surface area contributed by atoms with Crippen LogP contribution < -0.4 is 0 Å². The molecule has 0 aromatic rings. The summed E-state index contributed by atoms with van der Waals surface area (Å²) < 4.78 is 12.6. The molecule has 0 saturated carbocycles. The van der Waals surface area contributed by atoms with Gasteiger partial charge in [0.2, 0.25) is 0 Å². The second-order valence-electron chi connectivity index (χ2n) is 10.7. The van der Waals surface area contributed by atoms with Crippen molar-refractivity contribution in [2.45, 2.75) is 103 Å². The molecule has 0 saturated heterocycles. The van der Waals surface area contributed by atoms with E-state index in [2.05, 4.69) is 96.9 Å². The molecule has 5 heteroatoms. The van der Waals surface area contributed by atoms with E-state index in [9.17, 15) is 0 Å². The van der Waals surface area contributed by atoms with Gasteiger partial charge in [0.1, 0.15) is 0 Å². The van der Waals surface area contributed by atoms with Crippen molar-refractivity contribution in [2.75, 3.05) is 6.61 Å². The van der Waals surface area contributed by atoms with Crippen molar-refractivity contribution in [3.8, 4) is 0 Å². The highest BCUT2D eigenvalue weighted by Crippen LogP contribution is 2.38. The highest BCUT2D eigenvalue weighted by Gasteiger charge is 2.38. The van der Waals surface area contributed by atoms with Crippen LogP contribution in [0.2, 0.25) is 36.3 Å². The molecule has 0 radical (unpaired) electrons. The summed E-state index contributed by atoms with van der Waals surface area (Å²) in [5.41, 5.74) is 0. The molecule has 0 aromatic carbocycles. The van der Waals surface area contributed by atoms with Crippen molar-refractivity contribution in [2.24, 2.45) is 0 Å². The van der Waals surface area contributed by atoms with E-state index in [1.165, 1.54) is 6.20 Å². The van der Waals surface area contributed by atoms with Crippen LogP contribution >= 0.6 is 0 Å². The molecular formula is C24H45NO2Si2. The van der Waals surface area contributed by atoms with Crippen LogP contribution in [0.3, 0.4) is 0 Å². The Labute approximate surface area is 183 Å². The Bertz CT molecular complexity index is 600. The predicted octanol–water partition coefficient (Wildman–Crippen LogP) is 8.11. The minimum absolute atomic E-state index is 0.0248. The van der Waals surface area contributed by atoms with Gasteiger partial charge in [0.25, 0.3) is 0 Å². The van der Waals surface area contributed by atoms with E-state index in [4.69, 9.17) is 15.4 Å². The molecule has 29 heavy (non-hydrogen) atoms. The summed E-state index contributed by atoms with van der Waals surface area (Å²) in [6.07, 6.45) is 14.8. The van der Waals surface area contributed by atoms with Crippen molar-refractivity contribution >= 4 is 16.6 Å². The predicted molar refractivity (Wildman–Crippen MR) is 133 cm³/mol. The topological polar surface area (TPSA) is 22.8 Å². The highest BCUT2D eigenvalue weighted by molar-refractivity contribution is 6.74. The number of hydrogen-bond donors (Lipinski definition) is 0. The Balaban J connectivity index is 4.44. The van der Waals surface area contributed by atoms with Gasteiger partial charge in [-0.2, -0.15) is 0 Å². The van der Waals surface area contributed by atoms with Crippen LogP contribution in [0.15, 0.2) is 36.6 Å². The molecule has 3 nitrogen and oxygen atoms in total. The van der Waals surface area contributed by atoms with E-state index >= 15 is 0 Å². The molecule has 0 aromatic heterocycles. The van der Waals surface area contributed by atoms with Crippen LogP contribution in [0.25, 0.3) is 4.85 Å². The van der Waals surface area contributed by atoms with Crippen molar-refractivity contribution in [1.82, 2.24) is 0 Å². The molecule has 1 atom stereocenters. The molecule has 0 aliphatic carbocycles. The van der Waals surface area contributed by atoms with Gasteiger partial charge in [-0.25, -0.2) is 4.85 Å². The fourth-order valence-electron chi connectivity index (χ4n) is 2.08. The van der Waals surface area contributed by atoms with Crippen molar-refractivity contribution in [3.05, 3.63) is 48.0 Å². The van der Waals surface area contributed by atoms with E-state index in [0.29, 0.717) is 0 Å². The first-order valence-corrected chi connectivity index (χ1v) is 16.6. The fraction of sp³-hybridized carbons (Fsp3) is 0.708. The number of rotatable bonds is 11. The van der Waals surface area contributed by atoms with Crippen LogP contribution in [0, 0.1) is 6.57 Å².